The normalized spacial score (nSPS) is 11.7. The molecule has 8 nitrogen and oxygen atoms in total. The molecule has 3 rings (SSSR count). The Morgan fingerprint density at radius 1 is 1.14 bits per heavy atom. The summed E-state index contributed by atoms with van der Waals surface area (Å²) in [6.45, 7) is 8.22. The molecule has 0 fully saturated rings. The number of aromatic nitrogens is 3. The van der Waals surface area contributed by atoms with Crippen LogP contribution in [-0.4, -0.2) is 39.4 Å². The Kier molecular flexibility index (Phi) is 9.81. The molecule has 0 aliphatic rings. The van der Waals surface area contributed by atoms with Gasteiger partial charge >= 0.3 is 0 Å². The standard InChI is InChI=1S/C25H27Cl2N5O3S/c1-5-10-32-23(22(15(2)3)29-24(34)16-6-8-20(35-4)9-7-16)30-31-25(32)36-14-21(33)28-19-12-17(26)11-18(27)13-19/h5-9,11-13,15,22H,1,10,14H2,2-4H3,(H,28,33)(H,29,34)/t22-/m0/s1. The van der Waals surface area contributed by atoms with Crippen molar-refractivity contribution in [3.05, 3.63) is 76.6 Å². The number of hydrogen-bond acceptors (Lipinski definition) is 6. The van der Waals surface area contributed by atoms with Crippen LogP contribution in [0.2, 0.25) is 10.0 Å². The summed E-state index contributed by atoms with van der Waals surface area (Å²) in [6.07, 6.45) is 1.72. The third-order valence-electron chi connectivity index (χ3n) is 5.12. The SMILES string of the molecule is C=CCn1c(SCC(=O)Nc2cc(Cl)cc(Cl)c2)nnc1[C@@H](NC(=O)c1ccc(OC)cc1)C(C)C. The minimum Gasteiger partial charge on any atom is -0.497 e. The lowest BCUT2D eigenvalue weighted by atomic mass is 10.0. The second kappa shape index (κ2) is 12.8. The first kappa shape index (κ1) is 27.6. The summed E-state index contributed by atoms with van der Waals surface area (Å²) in [5.41, 5.74) is 1.01. The average molecular weight is 548 g/mol. The van der Waals surface area contributed by atoms with Gasteiger partial charge in [0.1, 0.15) is 5.75 Å². The van der Waals surface area contributed by atoms with E-state index in [2.05, 4.69) is 27.4 Å². The molecule has 0 aliphatic heterocycles. The number of nitrogens with zero attached hydrogens (tertiary/aromatic N) is 3. The van der Waals surface area contributed by atoms with E-state index in [1.807, 2.05) is 18.4 Å². The van der Waals surface area contributed by atoms with Crippen LogP contribution in [0.3, 0.4) is 0 Å². The summed E-state index contributed by atoms with van der Waals surface area (Å²) >= 11 is 13.2. The zero-order valence-corrected chi connectivity index (χ0v) is 22.5. The molecule has 0 radical (unpaired) electrons. The van der Waals surface area contributed by atoms with E-state index < -0.39 is 6.04 Å². The third kappa shape index (κ3) is 7.25. The maximum atomic E-state index is 12.9. The maximum Gasteiger partial charge on any atom is 0.251 e. The molecule has 11 heteroatoms. The van der Waals surface area contributed by atoms with Crippen molar-refractivity contribution in [1.29, 1.82) is 0 Å². The van der Waals surface area contributed by atoms with Crippen LogP contribution >= 0.6 is 35.0 Å². The fraction of sp³-hybridized carbons (Fsp3) is 0.280. The minimum atomic E-state index is -0.413. The molecule has 1 heterocycles. The van der Waals surface area contributed by atoms with E-state index in [4.69, 9.17) is 27.9 Å². The summed E-state index contributed by atoms with van der Waals surface area (Å²) in [6, 6.07) is 11.3. The number of anilines is 1. The first-order valence-electron chi connectivity index (χ1n) is 11.1. The molecule has 3 aromatic rings. The molecule has 2 aromatic carbocycles. The Hall–Kier alpha value is -3.01. The average Bonchev–Trinajstić information content (AvgIpc) is 3.22. The lowest BCUT2D eigenvalue weighted by Crippen LogP contribution is -2.33. The second-order valence-corrected chi connectivity index (χ2v) is 9.97. The first-order chi connectivity index (χ1) is 17.2. The van der Waals surface area contributed by atoms with Gasteiger partial charge in [-0.2, -0.15) is 0 Å². The summed E-state index contributed by atoms with van der Waals surface area (Å²) in [5, 5.41) is 15.9. The Morgan fingerprint density at radius 3 is 2.39 bits per heavy atom. The van der Waals surface area contributed by atoms with Crippen molar-refractivity contribution in [2.24, 2.45) is 5.92 Å². The van der Waals surface area contributed by atoms with Crippen LogP contribution in [0.4, 0.5) is 5.69 Å². The Labute approximate surface area is 224 Å². The fourth-order valence-corrected chi connectivity index (χ4v) is 4.67. The molecule has 1 atom stereocenters. The second-order valence-electron chi connectivity index (χ2n) is 8.16. The van der Waals surface area contributed by atoms with Gasteiger partial charge in [0.05, 0.1) is 18.9 Å². The number of rotatable bonds is 11. The molecular weight excluding hydrogens is 521 g/mol. The van der Waals surface area contributed by atoms with Gasteiger partial charge in [0, 0.05) is 27.8 Å². The van der Waals surface area contributed by atoms with Gasteiger partial charge < -0.3 is 19.9 Å². The van der Waals surface area contributed by atoms with Crippen molar-refractivity contribution in [2.45, 2.75) is 31.6 Å². The van der Waals surface area contributed by atoms with Gasteiger partial charge in [0.2, 0.25) is 5.91 Å². The van der Waals surface area contributed by atoms with E-state index in [0.29, 0.717) is 44.6 Å². The monoisotopic (exact) mass is 547 g/mol. The number of ether oxygens (including phenoxy) is 1. The predicted molar refractivity (Wildman–Crippen MR) is 144 cm³/mol. The highest BCUT2D eigenvalue weighted by Gasteiger charge is 2.26. The molecule has 0 unspecified atom stereocenters. The van der Waals surface area contributed by atoms with Gasteiger partial charge in [-0.25, -0.2) is 0 Å². The molecule has 0 spiro atoms. The molecule has 2 N–H and O–H groups in total. The summed E-state index contributed by atoms with van der Waals surface area (Å²) in [4.78, 5) is 25.5. The maximum absolute atomic E-state index is 12.9. The van der Waals surface area contributed by atoms with Crippen LogP contribution in [0.15, 0.2) is 60.3 Å². The van der Waals surface area contributed by atoms with Crippen molar-refractivity contribution in [2.75, 3.05) is 18.2 Å². The van der Waals surface area contributed by atoms with E-state index in [1.165, 1.54) is 11.8 Å². The molecule has 0 saturated carbocycles. The zero-order valence-electron chi connectivity index (χ0n) is 20.1. The minimum absolute atomic E-state index is 0.0219. The number of methoxy groups -OCH3 is 1. The fourth-order valence-electron chi connectivity index (χ4n) is 3.39. The number of nitrogens with one attached hydrogen (secondary N) is 2. The van der Waals surface area contributed by atoms with Crippen LogP contribution in [0.1, 0.15) is 36.1 Å². The topological polar surface area (TPSA) is 98.1 Å². The van der Waals surface area contributed by atoms with Crippen LogP contribution in [0, 0.1) is 5.92 Å². The number of carbonyl (C=O) groups excluding carboxylic acids is 2. The van der Waals surface area contributed by atoms with Gasteiger partial charge in [0.25, 0.3) is 5.91 Å². The lowest BCUT2D eigenvalue weighted by Gasteiger charge is -2.22. The van der Waals surface area contributed by atoms with E-state index in [-0.39, 0.29) is 23.5 Å². The largest absolute Gasteiger partial charge is 0.497 e. The van der Waals surface area contributed by atoms with Crippen molar-refractivity contribution < 1.29 is 14.3 Å². The molecular formula is C25H27Cl2N5O3S. The van der Waals surface area contributed by atoms with Crippen LogP contribution < -0.4 is 15.4 Å². The van der Waals surface area contributed by atoms with Crippen LogP contribution in [0.5, 0.6) is 5.75 Å². The molecule has 1 aromatic heterocycles. The number of allylic oxidation sites excluding steroid dienone is 1. The highest BCUT2D eigenvalue weighted by atomic mass is 35.5. The smallest absolute Gasteiger partial charge is 0.251 e. The number of hydrogen-bond donors (Lipinski definition) is 2. The molecule has 0 saturated heterocycles. The van der Waals surface area contributed by atoms with Crippen molar-refractivity contribution >= 4 is 52.5 Å². The molecule has 2 amide bonds. The number of thioether (sulfide) groups is 1. The van der Waals surface area contributed by atoms with Crippen molar-refractivity contribution in [1.82, 2.24) is 20.1 Å². The molecule has 0 bridgehead atoms. The quantitative estimate of drug-likeness (QED) is 0.238. The number of carbonyl (C=O) groups is 2. The first-order valence-corrected chi connectivity index (χ1v) is 12.8. The van der Waals surface area contributed by atoms with Gasteiger partial charge in [-0.15, -0.1) is 16.8 Å². The summed E-state index contributed by atoms with van der Waals surface area (Å²) < 4.78 is 7.01. The van der Waals surface area contributed by atoms with E-state index >= 15 is 0 Å². The van der Waals surface area contributed by atoms with E-state index in [1.54, 1.807) is 55.7 Å². The number of benzene rings is 2. The summed E-state index contributed by atoms with van der Waals surface area (Å²) in [7, 11) is 1.57. The van der Waals surface area contributed by atoms with E-state index in [9.17, 15) is 9.59 Å². The van der Waals surface area contributed by atoms with Crippen molar-refractivity contribution in [3.8, 4) is 5.75 Å². The Bertz CT molecular complexity index is 1210. The van der Waals surface area contributed by atoms with Gasteiger partial charge in [-0.3, -0.25) is 9.59 Å². The van der Waals surface area contributed by atoms with Gasteiger partial charge in [-0.1, -0.05) is 54.9 Å². The Balaban J connectivity index is 1.74. The van der Waals surface area contributed by atoms with Crippen LogP contribution in [0.25, 0.3) is 0 Å². The summed E-state index contributed by atoms with van der Waals surface area (Å²) in [5.74, 6) is 0.871. The lowest BCUT2D eigenvalue weighted by molar-refractivity contribution is -0.113. The highest BCUT2D eigenvalue weighted by Crippen LogP contribution is 2.27. The molecule has 190 valence electrons. The third-order valence-corrected chi connectivity index (χ3v) is 6.52. The van der Waals surface area contributed by atoms with Crippen molar-refractivity contribution in [3.63, 3.8) is 0 Å². The number of amides is 2. The van der Waals surface area contributed by atoms with E-state index in [0.717, 1.165) is 0 Å². The van der Waals surface area contributed by atoms with Gasteiger partial charge in [0.15, 0.2) is 11.0 Å². The van der Waals surface area contributed by atoms with Gasteiger partial charge in [-0.05, 0) is 48.4 Å². The zero-order chi connectivity index (χ0) is 26.2. The number of halogens is 2. The Morgan fingerprint density at radius 2 is 1.81 bits per heavy atom. The highest BCUT2D eigenvalue weighted by molar-refractivity contribution is 7.99. The molecule has 36 heavy (non-hydrogen) atoms. The predicted octanol–water partition coefficient (Wildman–Crippen LogP) is 5.64. The molecule has 0 aliphatic carbocycles. The van der Waals surface area contributed by atoms with Crippen LogP contribution in [-0.2, 0) is 11.3 Å².